The van der Waals surface area contributed by atoms with Crippen LogP contribution in [0.2, 0.25) is 0 Å². The Morgan fingerprint density at radius 3 is 2.81 bits per heavy atom. The molecule has 0 radical (unpaired) electrons. The Kier molecular flexibility index (Phi) is 2.78. The first-order valence-corrected chi connectivity index (χ1v) is 5.78. The van der Waals surface area contributed by atoms with Gasteiger partial charge in [0.2, 0.25) is 0 Å². The van der Waals surface area contributed by atoms with Gasteiger partial charge < -0.3 is 11.1 Å². The third kappa shape index (κ3) is 2.46. The molecule has 0 bridgehead atoms. The zero-order valence-corrected chi connectivity index (χ0v) is 9.89. The number of nitrogens with two attached hydrogens (primary N) is 1. The maximum atomic E-state index is 13.1. The van der Waals surface area contributed by atoms with Crippen LogP contribution in [0.1, 0.15) is 33.1 Å². The predicted octanol–water partition coefficient (Wildman–Crippen LogP) is 3.40. The van der Waals surface area contributed by atoms with Gasteiger partial charge in [0.1, 0.15) is 5.82 Å². The summed E-state index contributed by atoms with van der Waals surface area (Å²) in [6, 6.07) is 4.89. The first-order valence-electron chi connectivity index (χ1n) is 5.78. The summed E-state index contributed by atoms with van der Waals surface area (Å²) in [5.74, 6) is -0.242. The average molecular weight is 222 g/mol. The number of nitrogen functional groups attached to an aromatic ring is 1. The van der Waals surface area contributed by atoms with E-state index >= 15 is 0 Å². The molecule has 1 unspecified atom stereocenters. The molecule has 1 aromatic carbocycles. The average Bonchev–Trinajstić information content (AvgIpc) is 2.52. The van der Waals surface area contributed by atoms with Crippen LogP contribution in [0, 0.1) is 11.2 Å². The summed E-state index contributed by atoms with van der Waals surface area (Å²) >= 11 is 0. The molecule has 1 saturated carbocycles. The van der Waals surface area contributed by atoms with Crippen LogP contribution in [0.4, 0.5) is 15.8 Å². The van der Waals surface area contributed by atoms with E-state index in [2.05, 4.69) is 19.2 Å². The van der Waals surface area contributed by atoms with Gasteiger partial charge in [-0.2, -0.15) is 0 Å². The summed E-state index contributed by atoms with van der Waals surface area (Å²) in [5, 5.41) is 3.34. The van der Waals surface area contributed by atoms with Gasteiger partial charge in [-0.15, -0.1) is 0 Å². The number of halogens is 1. The van der Waals surface area contributed by atoms with Crippen LogP contribution in [0.5, 0.6) is 0 Å². The van der Waals surface area contributed by atoms with Gasteiger partial charge >= 0.3 is 0 Å². The van der Waals surface area contributed by atoms with E-state index in [0.29, 0.717) is 17.1 Å². The van der Waals surface area contributed by atoms with Crippen molar-refractivity contribution in [3.8, 4) is 0 Å². The molecule has 1 aliphatic rings. The molecule has 1 atom stereocenters. The maximum absolute atomic E-state index is 13.1. The van der Waals surface area contributed by atoms with E-state index in [4.69, 9.17) is 5.73 Å². The highest BCUT2D eigenvalue weighted by molar-refractivity contribution is 5.66. The Morgan fingerprint density at radius 2 is 2.19 bits per heavy atom. The Balaban J connectivity index is 2.07. The zero-order valence-electron chi connectivity index (χ0n) is 9.89. The fourth-order valence-corrected chi connectivity index (χ4v) is 2.43. The van der Waals surface area contributed by atoms with Gasteiger partial charge in [-0.05, 0) is 42.9 Å². The predicted molar refractivity (Wildman–Crippen MR) is 65.9 cm³/mol. The molecule has 0 spiro atoms. The van der Waals surface area contributed by atoms with Crippen molar-refractivity contribution < 1.29 is 4.39 Å². The largest absolute Gasteiger partial charge is 0.397 e. The van der Waals surface area contributed by atoms with Crippen molar-refractivity contribution in [2.24, 2.45) is 5.41 Å². The minimum absolute atomic E-state index is 0.242. The summed E-state index contributed by atoms with van der Waals surface area (Å²) in [6.07, 6.45) is 3.45. The molecule has 16 heavy (non-hydrogen) atoms. The van der Waals surface area contributed by atoms with E-state index in [1.807, 2.05) is 0 Å². The van der Waals surface area contributed by atoms with Crippen LogP contribution >= 0.6 is 0 Å². The quantitative estimate of drug-likeness (QED) is 0.753. The topological polar surface area (TPSA) is 38.0 Å². The van der Waals surface area contributed by atoms with Crippen molar-refractivity contribution in [2.75, 3.05) is 11.1 Å². The van der Waals surface area contributed by atoms with Crippen molar-refractivity contribution >= 4 is 11.4 Å². The van der Waals surface area contributed by atoms with Gasteiger partial charge in [-0.25, -0.2) is 4.39 Å². The van der Waals surface area contributed by atoms with Crippen molar-refractivity contribution in [3.05, 3.63) is 24.0 Å². The number of hydrogen-bond acceptors (Lipinski definition) is 2. The maximum Gasteiger partial charge on any atom is 0.125 e. The van der Waals surface area contributed by atoms with E-state index < -0.39 is 0 Å². The fourth-order valence-electron chi connectivity index (χ4n) is 2.43. The molecular weight excluding hydrogens is 203 g/mol. The molecule has 88 valence electrons. The molecule has 1 fully saturated rings. The first kappa shape index (κ1) is 11.2. The van der Waals surface area contributed by atoms with Gasteiger partial charge in [0, 0.05) is 6.04 Å². The van der Waals surface area contributed by atoms with E-state index in [0.717, 1.165) is 18.5 Å². The lowest BCUT2D eigenvalue weighted by atomic mass is 9.92. The first-order chi connectivity index (χ1) is 7.46. The van der Waals surface area contributed by atoms with Gasteiger partial charge in [0.15, 0.2) is 0 Å². The summed E-state index contributed by atoms with van der Waals surface area (Å²) in [5.41, 5.74) is 7.54. The molecule has 0 saturated heterocycles. The molecule has 1 aliphatic carbocycles. The normalized spacial score (nSPS) is 23.3. The van der Waals surface area contributed by atoms with Gasteiger partial charge in [-0.1, -0.05) is 13.8 Å². The zero-order chi connectivity index (χ0) is 11.8. The second kappa shape index (κ2) is 3.96. The molecule has 0 aromatic heterocycles. The van der Waals surface area contributed by atoms with Crippen LogP contribution in [0.25, 0.3) is 0 Å². The molecule has 2 rings (SSSR count). The van der Waals surface area contributed by atoms with Gasteiger partial charge in [0.25, 0.3) is 0 Å². The lowest BCUT2D eigenvalue weighted by molar-refractivity contribution is 0.378. The minimum atomic E-state index is -0.242. The molecule has 0 heterocycles. The Labute approximate surface area is 96.0 Å². The lowest BCUT2D eigenvalue weighted by Crippen LogP contribution is -2.18. The SMILES string of the molecule is CC1(C)CCC(Nc2cc(F)ccc2N)C1. The highest BCUT2D eigenvalue weighted by atomic mass is 19.1. The van der Waals surface area contributed by atoms with Crippen molar-refractivity contribution in [1.29, 1.82) is 0 Å². The second-order valence-corrected chi connectivity index (χ2v) is 5.48. The van der Waals surface area contributed by atoms with Gasteiger partial charge in [0.05, 0.1) is 11.4 Å². The summed E-state index contributed by atoms with van der Waals surface area (Å²) in [6.45, 7) is 4.53. The van der Waals surface area contributed by atoms with Crippen LogP contribution in [-0.2, 0) is 0 Å². The van der Waals surface area contributed by atoms with Crippen molar-refractivity contribution in [2.45, 2.75) is 39.2 Å². The van der Waals surface area contributed by atoms with E-state index in [1.54, 1.807) is 6.07 Å². The van der Waals surface area contributed by atoms with Crippen LogP contribution in [0.3, 0.4) is 0 Å². The van der Waals surface area contributed by atoms with E-state index in [-0.39, 0.29) is 5.82 Å². The molecule has 3 heteroatoms. The fraction of sp³-hybridized carbons (Fsp3) is 0.538. The van der Waals surface area contributed by atoms with Crippen molar-refractivity contribution in [3.63, 3.8) is 0 Å². The van der Waals surface area contributed by atoms with E-state index in [1.165, 1.54) is 18.6 Å². The Hall–Kier alpha value is -1.25. The second-order valence-electron chi connectivity index (χ2n) is 5.48. The van der Waals surface area contributed by atoms with Crippen LogP contribution in [0.15, 0.2) is 18.2 Å². The Bertz CT molecular complexity index is 388. The standard InChI is InChI=1S/C13H19FN2/c1-13(2)6-5-10(8-13)16-12-7-9(14)3-4-11(12)15/h3-4,7,10,16H,5-6,8,15H2,1-2H3. The monoisotopic (exact) mass is 222 g/mol. The van der Waals surface area contributed by atoms with Crippen LogP contribution < -0.4 is 11.1 Å². The molecule has 1 aromatic rings. The van der Waals surface area contributed by atoms with E-state index in [9.17, 15) is 4.39 Å². The number of hydrogen-bond donors (Lipinski definition) is 2. The molecule has 2 nitrogen and oxygen atoms in total. The molecule has 0 amide bonds. The number of rotatable bonds is 2. The summed E-state index contributed by atoms with van der Waals surface area (Å²) < 4.78 is 13.1. The minimum Gasteiger partial charge on any atom is -0.397 e. The highest BCUT2D eigenvalue weighted by Gasteiger charge is 2.30. The summed E-state index contributed by atoms with van der Waals surface area (Å²) in [4.78, 5) is 0. The third-order valence-electron chi connectivity index (χ3n) is 3.34. The molecular formula is C13H19FN2. The van der Waals surface area contributed by atoms with Gasteiger partial charge in [-0.3, -0.25) is 0 Å². The molecule has 0 aliphatic heterocycles. The number of anilines is 2. The highest BCUT2D eigenvalue weighted by Crippen LogP contribution is 2.38. The Morgan fingerprint density at radius 1 is 1.44 bits per heavy atom. The van der Waals surface area contributed by atoms with Crippen molar-refractivity contribution in [1.82, 2.24) is 0 Å². The smallest absolute Gasteiger partial charge is 0.125 e. The number of benzene rings is 1. The lowest BCUT2D eigenvalue weighted by Gasteiger charge is -2.19. The van der Waals surface area contributed by atoms with Crippen LogP contribution in [-0.4, -0.2) is 6.04 Å². The molecule has 3 N–H and O–H groups in total. The third-order valence-corrected chi connectivity index (χ3v) is 3.34. The summed E-state index contributed by atoms with van der Waals surface area (Å²) in [7, 11) is 0. The number of nitrogens with one attached hydrogen (secondary N) is 1.